The monoisotopic (exact) mass is 294 g/mol. The van der Waals surface area contributed by atoms with E-state index in [-0.39, 0.29) is 16.9 Å². The van der Waals surface area contributed by atoms with Crippen molar-refractivity contribution in [2.75, 3.05) is 12.8 Å². The van der Waals surface area contributed by atoms with E-state index < -0.39 is 11.9 Å². The standard InChI is InChI=1S/C12H11ClN4O3/c1-20-12(19)10-8(14)5-17(16-10)9-4-6(13)2-3-7(9)11(15)18/h2-5H,14H2,1H3,(H2,15,18). The lowest BCUT2D eigenvalue weighted by molar-refractivity contribution is 0.0594. The number of methoxy groups -OCH3 is 1. The molecule has 0 saturated carbocycles. The highest BCUT2D eigenvalue weighted by Crippen LogP contribution is 2.22. The number of nitrogens with zero attached hydrogens (tertiary/aromatic N) is 2. The van der Waals surface area contributed by atoms with E-state index in [0.29, 0.717) is 10.7 Å². The van der Waals surface area contributed by atoms with Crippen LogP contribution in [0.2, 0.25) is 5.02 Å². The van der Waals surface area contributed by atoms with Gasteiger partial charge in [-0.2, -0.15) is 5.10 Å². The lowest BCUT2D eigenvalue weighted by atomic mass is 10.1. The molecule has 0 aliphatic rings. The van der Waals surface area contributed by atoms with Crippen molar-refractivity contribution in [3.05, 3.63) is 40.7 Å². The van der Waals surface area contributed by atoms with Gasteiger partial charge in [-0.3, -0.25) is 4.79 Å². The van der Waals surface area contributed by atoms with Gasteiger partial charge in [-0.05, 0) is 18.2 Å². The molecule has 4 N–H and O–H groups in total. The van der Waals surface area contributed by atoms with Crippen LogP contribution < -0.4 is 11.5 Å². The Balaban J connectivity index is 2.60. The lowest BCUT2D eigenvalue weighted by Crippen LogP contribution is -2.15. The first kappa shape index (κ1) is 13.9. The molecule has 8 heteroatoms. The zero-order valence-corrected chi connectivity index (χ0v) is 11.2. The van der Waals surface area contributed by atoms with E-state index in [0.717, 1.165) is 0 Å². The first-order chi connectivity index (χ1) is 9.43. The fourth-order valence-electron chi connectivity index (χ4n) is 1.67. The number of nitrogens with two attached hydrogens (primary N) is 2. The number of rotatable bonds is 3. The van der Waals surface area contributed by atoms with Crippen molar-refractivity contribution in [2.45, 2.75) is 0 Å². The summed E-state index contributed by atoms with van der Waals surface area (Å²) in [6, 6.07) is 4.49. The molecule has 0 aliphatic carbocycles. The summed E-state index contributed by atoms with van der Waals surface area (Å²) < 4.78 is 5.81. The fraction of sp³-hybridized carbons (Fsp3) is 0.0833. The molecule has 1 amide bonds. The quantitative estimate of drug-likeness (QED) is 0.820. The van der Waals surface area contributed by atoms with E-state index in [1.54, 1.807) is 0 Å². The normalized spacial score (nSPS) is 10.3. The Hall–Kier alpha value is -2.54. The van der Waals surface area contributed by atoms with Crippen LogP contribution in [0, 0.1) is 0 Å². The van der Waals surface area contributed by atoms with Gasteiger partial charge in [0.1, 0.15) is 0 Å². The van der Waals surface area contributed by atoms with Crippen LogP contribution in [-0.2, 0) is 4.74 Å². The number of hydrogen-bond acceptors (Lipinski definition) is 5. The third-order valence-corrected chi connectivity index (χ3v) is 2.83. The SMILES string of the molecule is COC(=O)c1nn(-c2cc(Cl)ccc2C(N)=O)cc1N. The number of halogens is 1. The number of carbonyl (C=O) groups excluding carboxylic acids is 2. The molecule has 20 heavy (non-hydrogen) atoms. The first-order valence-electron chi connectivity index (χ1n) is 5.47. The van der Waals surface area contributed by atoms with Gasteiger partial charge < -0.3 is 16.2 Å². The van der Waals surface area contributed by atoms with Crippen LogP contribution in [-0.4, -0.2) is 28.8 Å². The van der Waals surface area contributed by atoms with E-state index in [4.69, 9.17) is 23.1 Å². The van der Waals surface area contributed by atoms with Gasteiger partial charge in [-0.15, -0.1) is 0 Å². The van der Waals surface area contributed by atoms with E-state index in [9.17, 15) is 9.59 Å². The summed E-state index contributed by atoms with van der Waals surface area (Å²) >= 11 is 5.89. The molecular weight excluding hydrogens is 284 g/mol. The van der Waals surface area contributed by atoms with Gasteiger partial charge in [0.25, 0.3) is 5.91 Å². The molecule has 0 radical (unpaired) electrons. The first-order valence-corrected chi connectivity index (χ1v) is 5.85. The minimum atomic E-state index is -0.677. The molecule has 2 rings (SSSR count). The second kappa shape index (κ2) is 5.22. The second-order valence-electron chi connectivity index (χ2n) is 3.89. The maximum absolute atomic E-state index is 11.5. The summed E-state index contributed by atoms with van der Waals surface area (Å²) in [4.78, 5) is 22.9. The number of ether oxygens (including phenoxy) is 1. The summed E-state index contributed by atoms with van der Waals surface area (Å²) in [5.41, 5.74) is 11.6. The van der Waals surface area contributed by atoms with Crippen molar-refractivity contribution in [1.29, 1.82) is 0 Å². The van der Waals surface area contributed by atoms with Crippen molar-refractivity contribution in [3.8, 4) is 5.69 Å². The summed E-state index contributed by atoms with van der Waals surface area (Å²) in [5, 5.41) is 4.37. The molecule has 1 heterocycles. The number of benzene rings is 1. The third kappa shape index (κ3) is 2.43. The number of aromatic nitrogens is 2. The average molecular weight is 295 g/mol. The number of esters is 1. The third-order valence-electron chi connectivity index (χ3n) is 2.59. The minimum Gasteiger partial charge on any atom is -0.464 e. The zero-order chi connectivity index (χ0) is 14.9. The Morgan fingerprint density at radius 1 is 1.40 bits per heavy atom. The van der Waals surface area contributed by atoms with Crippen LogP contribution >= 0.6 is 11.6 Å². The molecule has 0 atom stereocenters. The zero-order valence-electron chi connectivity index (χ0n) is 10.5. The number of hydrogen-bond donors (Lipinski definition) is 2. The highest BCUT2D eigenvalue weighted by atomic mass is 35.5. The smallest absolute Gasteiger partial charge is 0.360 e. The van der Waals surface area contributed by atoms with E-state index in [1.807, 2.05) is 0 Å². The van der Waals surface area contributed by atoms with Crippen LogP contribution in [0.4, 0.5) is 5.69 Å². The van der Waals surface area contributed by atoms with Crippen molar-refractivity contribution in [1.82, 2.24) is 9.78 Å². The fourth-order valence-corrected chi connectivity index (χ4v) is 1.84. The molecule has 0 fully saturated rings. The van der Waals surface area contributed by atoms with Gasteiger partial charge in [-0.25, -0.2) is 9.48 Å². The molecule has 2 aromatic rings. The maximum Gasteiger partial charge on any atom is 0.360 e. The Bertz CT molecular complexity index is 696. The van der Waals surface area contributed by atoms with Crippen LogP contribution in [0.25, 0.3) is 5.69 Å². The Labute approximate surface area is 119 Å². The van der Waals surface area contributed by atoms with E-state index >= 15 is 0 Å². The van der Waals surface area contributed by atoms with Crippen molar-refractivity contribution >= 4 is 29.2 Å². The van der Waals surface area contributed by atoms with Crippen LogP contribution in [0.5, 0.6) is 0 Å². The minimum absolute atomic E-state index is 0.0529. The predicted molar refractivity (Wildman–Crippen MR) is 72.8 cm³/mol. The molecule has 7 nitrogen and oxygen atoms in total. The van der Waals surface area contributed by atoms with Gasteiger partial charge in [0.2, 0.25) is 0 Å². The summed E-state index contributed by atoms with van der Waals surface area (Å²) in [6.45, 7) is 0. The van der Waals surface area contributed by atoms with E-state index in [2.05, 4.69) is 9.84 Å². The van der Waals surface area contributed by atoms with Crippen LogP contribution in [0.15, 0.2) is 24.4 Å². The molecule has 0 spiro atoms. The Morgan fingerprint density at radius 3 is 2.70 bits per heavy atom. The number of nitrogen functional groups attached to an aromatic ring is 1. The van der Waals surface area contributed by atoms with Crippen molar-refractivity contribution in [2.24, 2.45) is 5.73 Å². The van der Waals surface area contributed by atoms with Crippen molar-refractivity contribution in [3.63, 3.8) is 0 Å². The lowest BCUT2D eigenvalue weighted by Gasteiger charge is -2.07. The topological polar surface area (TPSA) is 113 Å². The highest BCUT2D eigenvalue weighted by molar-refractivity contribution is 6.31. The number of anilines is 1. The van der Waals surface area contributed by atoms with Gasteiger partial charge in [0.05, 0.1) is 30.2 Å². The Morgan fingerprint density at radius 2 is 2.10 bits per heavy atom. The number of amides is 1. The highest BCUT2D eigenvalue weighted by Gasteiger charge is 2.18. The summed E-state index contributed by atoms with van der Waals surface area (Å²) in [7, 11) is 1.22. The number of carbonyl (C=O) groups is 2. The summed E-state index contributed by atoms with van der Waals surface area (Å²) in [5.74, 6) is -1.32. The molecule has 0 bridgehead atoms. The summed E-state index contributed by atoms with van der Waals surface area (Å²) in [6.07, 6.45) is 1.38. The average Bonchev–Trinajstić information content (AvgIpc) is 2.79. The van der Waals surface area contributed by atoms with Gasteiger partial charge in [0.15, 0.2) is 5.69 Å². The van der Waals surface area contributed by atoms with Crippen LogP contribution in [0.3, 0.4) is 0 Å². The second-order valence-corrected chi connectivity index (χ2v) is 4.33. The molecular formula is C12H11ClN4O3. The molecule has 0 unspecified atom stereocenters. The van der Waals surface area contributed by atoms with Crippen molar-refractivity contribution < 1.29 is 14.3 Å². The number of primary amides is 1. The predicted octanol–water partition coefficient (Wildman–Crippen LogP) is 0.993. The van der Waals surface area contributed by atoms with Gasteiger partial charge >= 0.3 is 5.97 Å². The molecule has 0 saturated heterocycles. The molecule has 1 aromatic carbocycles. The Kier molecular flexibility index (Phi) is 3.62. The molecule has 1 aromatic heterocycles. The molecule has 104 valence electrons. The maximum atomic E-state index is 11.5. The van der Waals surface area contributed by atoms with E-state index in [1.165, 1.54) is 36.2 Å². The van der Waals surface area contributed by atoms with Gasteiger partial charge in [0, 0.05) is 5.02 Å². The largest absolute Gasteiger partial charge is 0.464 e. The van der Waals surface area contributed by atoms with Gasteiger partial charge in [-0.1, -0.05) is 11.6 Å². The molecule has 0 aliphatic heterocycles. The van der Waals surface area contributed by atoms with Crippen LogP contribution in [0.1, 0.15) is 20.8 Å².